The van der Waals surface area contributed by atoms with Crippen molar-refractivity contribution in [2.75, 3.05) is 18.2 Å². The topological polar surface area (TPSA) is 77.2 Å². The van der Waals surface area contributed by atoms with Crippen molar-refractivity contribution >= 4 is 33.2 Å². The quantitative estimate of drug-likeness (QED) is 0.673. The van der Waals surface area contributed by atoms with Gasteiger partial charge in [0.1, 0.15) is 10.4 Å². The van der Waals surface area contributed by atoms with E-state index in [0.29, 0.717) is 27.3 Å². The number of aromatic nitrogens is 1. The average Bonchev–Trinajstić information content (AvgIpc) is 2.41. The third kappa shape index (κ3) is 2.85. The number of nitrogens with zero attached hydrogens (tertiary/aromatic N) is 1. The van der Waals surface area contributed by atoms with Crippen LogP contribution in [0, 0.1) is 0 Å². The van der Waals surface area contributed by atoms with Crippen LogP contribution in [0.15, 0.2) is 41.1 Å². The number of hydrogen-bond donors (Lipinski definition) is 2. The fraction of sp³-hybridized carbons (Fsp3) is 0.0769. The molecule has 98 valence electrons. The van der Waals surface area contributed by atoms with Crippen LogP contribution in [0.1, 0.15) is 10.4 Å². The van der Waals surface area contributed by atoms with E-state index in [1.54, 1.807) is 36.5 Å². The number of anilines is 2. The predicted molar refractivity (Wildman–Crippen MR) is 77.3 cm³/mol. The molecular weight excluding hydrogens is 310 g/mol. The minimum atomic E-state index is -0.315. The van der Waals surface area contributed by atoms with E-state index >= 15 is 0 Å². The first-order valence-electron chi connectivity index (χ1n) is 5.48. The first-order valence-corrected chi connectivity index (χ1v) is 6.27. The van der Waals surface area contributed by atoms with Gasteiger partial charge >= 0.3 is 0 Å². The van der Waals surface area contributed by atoms with Gasteiger partial charge in [-0.2, -0.15) is 0 Å². The summed E-state index contributed by atoms with van der Waals surface area (Å²) in [6, 6.07) is 8.52. The number of hydrogen-bond acceptors (Lipinski definition) is 4. The molecule has 1 aromatic carbocycles. The third-order valence-corrected chi connectivity index (χ3v) is 3.17. The van der Waals surface area contributed by atoms with Crippen molar-refractivity contribution in [3.63, 3.8) is 0 Å². The van der Waals surface area contributed by atoms with Crippen LogP contribution in [0.3, 0.4) is 0 Å². The second kappa shape index (κ2) is 5.71. The first-order chi connectivity index (χ1) is 9.13. The van der Waals surface area contributed by atoms with Crippen molar-refractivity contribution in [3.8, 4) is 5.75 Å². The predicted octanol–water partition coefficient (Wildman–Crippen LogP) is 2.69. The van der Waals surface area contributed by atoms with Gasteiger partial charge in [-0.3, -0.25) is 4.79 Å². The third-order valence-electron chi connectivity index (χ3n) is 2.54. The molecule has 3 N–H and O–H groups in total. The maximum absolute atomic E-state index is 12.2. The van der Waals surface area contributed by atoms with E-state index in [1.807, 2.05) is 0 Å². The Morgan fingerprint density at radius 2 is 2.16 bits per heavy atom. The Balaban J connectivity index is 2.28. The maximum atomic E-state index is 12.2. The van der Waals surface area contributed by atoms with E-state index in [2.05, 4.69) is 26.2 Å². The number of pyridine rings is 1. The Kier molecular flexibility index (Phi) is 4.01. The molecule has 1 amide bonds. The zero-order valence-corrected chi connectivity index (χ0v) is 11.8. The summed E-state index contributed by atoms with van der Waals surface area (Å²) in [7, 11) is 1.51. The highest BCUT2D eigenvalue weighted by Crippen LogP contribution is 2.26. The fourth-order valence-corrected chi connectivity index (χ4v) is 1.94. The molecule has 0 fully saturated rings. The van der Waals surface area contributed by atoms with E-state index in [4.69, 9.17) is 10.5 Å². The van der Waals surface area contributed by atoms with E-state index in [1.165, 1.54) is 7.11 Å². The molecule has 0 bridgehead atoms. The number of carbonyl (C=O) groups excluding carboxylic acids is 1. The van der Waals surface area contributed by atoms with E-state index in [-0.39, 0.29) is 5.91 Å². The Morgan fingerprint density at radius 3 is 2.84 bits per heavy atom. The molecule has 19 heavy (non-hydrogen) atoms. The summed E-state index contributed by atoms with van der Waals surface area (Å²) in [5, 5.41) is 2.73. The standard InChI is InChI=1S/C13H12BrN3O2/c1-19-10-6-2-4-8(11(10)15)13(18)17-9-5-3-7-16-12(9)14/h2-7H,15H2,1H3,(H,17,18). The van der Waals surface area contributed by atoms with Crippen LogP contribution in [0.4, 0.5) is 11.4 Å². The number of benzene rings is 1. The van der Waals surface area contributed by atoms with E-state index in [9.17, 15) is 4.79 Å². The van der Waals surface area contributed by atoms with Crippen LogP contribution in [-0.4, -0.2) is 18.0 Å². The SMILES string of the molecule is COc1cccc(C(=O)Nc2cccnc2Br)c1N. The highest BCUT2D eigenvalue weighted by molar-refractivity contribution is 9.10. The van der Waals surface area contributed by atoms with Gasteiger partial charge in [0.25, 0.3) is 5.91 Å². The molecule has 0 spiro atoms. The van der Waals surface area contributed by atoms with E-state index in [0.717, 1.165) is 0 Å². The lowest BCUT2D eigenvalue weighted by Gasteiger charge is -2.10. The van der Waals surface area contributed by atoms with Crippen LogP contribution in [-0.2, 0) is 0 Å². The molecule has 2 aromatic rings. The molecule has 0 unspecified atom stereocenters. The van der Waals surface area contributed by atoms with Crippen molar-refractivity contribution in [2.45, 2.75) is 0 Å². The Labute approximate surface area is 118 Å². The zero-order valence-electron chi connectivity index (χ0n) is 10.2. The molecule has 0 radical (unpaired) electrons. The molecule has 0 atom stereocenters. The van der Waals surface area contributed by atoms with Gasteiger partial charge in [0.15, 0.2) is 0 Å². The second-order valence-electron chi connectivity index (χ2n) is 3.72. The van der Waals surface area contributed by atoms with E-state index < -0.39 is 0 Å². The Hall–Kier alpha value is -2.08. The number of carbonyl (C=O) groups is 1. The highest BCUT2D eigenvalue weighted by atomic mass is 79.9. The molecule has 5 nitrogen and oxygen atoms in total. The number of nitrogen functional groups attached to an aromatic ring is 1. The number of methoxy groups -OCH3 is 1. The van der Waals surface area contributed by atoms with Crippen molar-refractivity contribution in [1.29, 1.82) is 0 Å². The normalized spacial score (nSPS) is 10.0. The molecular formula is C13H12BrN3O2. The first kappa shape index (κ1) is 13.4. The summed E-state index contributed by atoms with van der Waals surface area (Å²) in [6.45, 7) is 0. The number of rotatable bonds is 3. The Bertz CT molecular complexity index is 617. The van der Waals surface area contributed by atoms with Gasteiger partial charge in [-0.15, -0.1) is 0 Å². The number of amides is 1. The van der Waals surface area contributed by atoms with Crippen LogP contribution in [0.25, 0.3) is 0 Å². The van der Waals surface area contributed by atoms with Crippen LogP contribution < -0.4 is 15.8 Å². The summed E-state index contributed by atoms with van der Waals surface area (Å²) in [5.41, 5.74) is 7.12. The fourth-order valence-electron chi connectivity index (χ4n) is 1.59. The summed E-state index contributed by atoms with van der Waals surface area (Å²) >= 11 is 3.26. The largest absolute Gasteiger partial charge is 0.495 e. The van der Waals surface area contributed by atoms with Gasteiger partial charge in [-0.05, 0) is 40.2 Å². The monoisotopic (exact) mass is 321 g/mol. The van der Waals surface area contributed by atoms with Crippen LogP contribution in [0.5, 0.6) is 5.75 Å². The van der Waals surface area contributed by atoms with Gasteiger partial charge in [0.05, 0.1) is 24.0 Å². The lowest BCUT2D eigenvalue weighted by molar-refractivity contribution is 0.102. The molecule has 1 aromatic heterocycles. The minimum absolute atomic E-state index is 0.308. The lowest BCUT2D eigenvalue weighted by Crippen LogP contribution is -2.15. The maximum Gasteiger partial charge on any atom is 0.257 e. The number of para-hydroxylation sites is 1. The molecule has 6 heteroatoms. The molecule has 0 saturated heterocycles. The second-order valence-corrected chi connectivity index (χ2v) is 4.47. The molecule has 0 saturated carbocycles. The smallest absolute Gasteiger partial charge is 0.257 e. The van der Waals surface area contributed by atoms with Gasteiger partial charge in [-0.25, -0.2) is 4.98 Å². The number of ether oxygens (including phenoxy) is 1. The summed E-state index contributed by atoms with van der Waals surface area (Å²) < 4.78 is 5.64. The van der Waals surface area contributed by atoms with Crippen molar-refractivity contribution in [1.82, 2.24) is 4.98 Å². The van der Waals surface area contributed by atoms with Gasteiger partial charge in [0, 0.05) is 6.20 Å². The van der Waals surface area contributed by atoms with Crippen LogP contribution in [0.2, 0.25) is 0 Å². The lowest BCUT2D eigenvalue weighted by atomic mass is 10.1. The number of nitrogens with two attached hydrogens (primary N) is 1. The minimum Gasteiger partial charge on any atom is -0.495 e. The molecule has 1 heterocycles. The van der Waals surface area contributed by atoms with Crippen LogP contribution >= 0.6 is 15.9 Å². The average molecular weight is 322 g/mol. The Morgan fingerprint density at radius 1 is 1.37 bits per heavy atom. The number of halogens is 1. The molecule has 0 aliphatic rings. The van der Waals surface area contributed by atoms with Crippen molar-refractivity contribution < 1.29 is 9.53 Å². The summed E-state index contributed by atoms with van der Waals surface area (Å²) in [6.07, 6.45) is 1.62. The van der Waals surface area contributed by atoms with Gasteiger partial charge in [0.2, 0.25) is 0 Å². The van der Waals surface area contributed by atoms with Gasteiger partial charge in [-0.1, -0.05) is 6.07 Å². The molecule has 0 aliphatic heterocycles. The number of nitrogens with one attached hydrogen (secondary N) is 1. The van der Waals surface area contributed by atoms with Crippen molar-refractivity contribution in [2.24, 2.45) is 0 Å². The zero-order chi connectivity index (χ0) is 13.8. The molecule has 0 aliphatic carbocycles. The van der Waals surface area contributed by atoms with Crippen molar-refractivity contribution in [3.05, 3.63) is 46.7 Å². The summed E-state index contributed by atoms with van der Waals surface area (Å²) in [5.74, 6) is 0.156. The summed E-state index contributed by atoms with van der Waals surface area (Å²) in [4.78, 5) is 16.2. The molecule has 2 rings (SSSR count). The van der Waals surface area contributed by atoms with Gasteiger partial charge < -0.3 is 15.8 Å². The highest BCUT2D eigenvalue weighted by Gasteiger charge is 2.14.